The van der Waals surface area contributed by atoms with Crippen molar-refractivity contribution in [3.05, 3.63) is 35.0 Å². The fourth-order valence-electron chi connectivity index (χ4n) is 3.18. The molecule has 0 amide bonds. The average molecular weight is 243 g/mol. The number of carboxylic acids is 1. The highest BCUT2D eigenvalue weighted by Crippen LogP contribution is 2.39. The normalized spacial score (nSPS) is 18.9. The van der Waals surface area contributed by atoms with E-state index in [2.05, 4.69) is 29.7 Å². The van der Waals surface area contributed by atoms with Gasteiger partial charge >= 0.3 is 5.97 Å². The fourth-order valence-corrected chi connectivity index (χ4v) is 3.18. The van der Waals surface area contributed by atoms with Crippen molar-refractivity contribution in [3.63, 3.8) is 0 Å². The first-order chi connectivity index (χ1) is 8.59. The van der Waals surface area contributed by atoms with Gasteiger partial charge in [0.1, 0.15) is 0 Å². The summed E-state index contributed by atoms with van der Waals surface area (Å²) in [7, 11) is 2.05. The van der Waals surface area contributed by atoms with Crippen molar-refractivity contribution >= 4 is 16.9 Å². The molecule has 0 spiro atoms. The first-order valence-electron chi connectivity index (χ1n) is 6.40. The Morgan fingerprint density at radius 2 is 2.22 bits per heavy atom. The van der Waals surface area contributed by atoms with Gasteiger partial charge in [0.15, 0.2) is 0 Å². The number of benzene rings is 1. The Hall–Kier alpha value is -1.77. The van der Waals surface area contributed by atoms with Crippen molar-refractivity contribution < 1.29 is 9.90 Å². The van der Waals surface area contributed by atoms with Crippen LogP contribution < -0.4 is 0 Å². The van der Waals surface area contributed by atoms with Crippen molar-refractivity contribution in [2.24, 2.45) is 7.05 Å². The van der Waals surface area contributed by atoms with Gasteiger partial charge in [-0.3, -0.25) is 4.79 Å². The molecule has 0 saturated carbocycles. The van der Waals surface area contributed by atoms with Gasteiger partial charge in [0.25, 0.3) is 0 Å². The molecule has 0 saturated heterocycles. The number of carbonyl (C=O) groups is 1. The minimum absolute atomic E-state index is 0.333. The first-order valence-corrected chi connectivity index (χ1v) is 6.40. The molecule has 1 atom stereocenters. The van der Waals surface area contributed by atoms with E-state index in [0.29, 0.717) is 0 Å². The predicted octanol–water partition coefficient (Wildman–Crippen LogP) is 2.99. The second-order valence-corrected chi connectivity index (χ2v) is 5.22. The second-order valence-electron chi connectivity index (χ2n) is 5.22. The molecule has 1 aliphatic carbocycles. The fraction of sp³-hybridized carbons (Fsp3) is 0.400. The molecule has 94 valence electrons. The molecule has 0 radical (unpaired) electrons. The zero-order valence-corrected chi connectivity index (χ0v) is 10.7. The summed E-state index contributed by atoms with van der Waals surface area (Å²) in [6, 6.07) is 6.29. The summed E-state index contributed by atoms with van der Waals surface area (Å²) in [4.78, 5) is 11.4. The molecule has 3 nitrogen and oxygen atoms in total. The molecule has 1 N–H and O–H groups in total. The minimum Gasteiger partial charge on any atom is -0.481 e. The van der Waals surface area contributed by atoms with Crippen LogP contribution in [0.5, 0.6) is 0 Å². The summed E-state index contributed by atoms with van der Waals surface area (Å²) >= 11 is 0. The maximum atomic E-state index is 11.4. The van der Waals surface area contributed by atoms with E-state index in [-0.39, 0.29) is 5.92 Å². The molecule has 1 aromatic carbocycles. The molecule has 3 heteroatoms. The van der Waals surface area contributed by atoms with Crippen molar-refractivity contribution in [1.82, 2.24) is 4.57 Å². The van der Waals surface area contributed by atoms with E-state index >= 15 is 0 Å². The van der Waals surface area contributed by atoms with Gasteiger partial charge in [0, 0.05) is 23.6 Å². The molecule has 3 rings (SSSR count). The number of nitrogens with zero attached hydrogens (tertiary/aromatic N) is 1. The molecular weight excluding hydrogens is 226 g/mol. The summed E-state index contributed by atoms with van der Waals surface area (Å²) in [5.74, 6) is -1.02. The van der Waals surface area contributed by atoms with Gasteiger partial charge in [-0.25, -0.2) is 0 Å². The molecule has 1 aromatic heterocycles. The molecule has 2 aromatic rings. The lowest BCUT2D eigenvalue weighted by atomic mass is 9.85. The lowest BCUT2D eigenvalue weighted by molar-refractivity contribution is -0.139. The lowest BCUT2D eigenvalue weighted by Crippen LogP contribution is -2.18. The highest BCUT2D eigenvalue weighted by Gasteiger charge is 2.30. The number of aryl methyl sites for hydroxylation is 2. The van der Waals surface area contributed by atoms with E-state index in [0.717, 1.165) is 35.7 Å². The van der Waals surface area contributed by atoms with Crippen molar-refractivity contribution in [2.45, 2.75) is 32.1 Å². The molecule has 1 aliphatic rings. The van der Waals surface area contributed by atoms with Crippen LogP contribution in [0.2, 0.25) is 0 Å². The number of fused-ring (bicyclic) bond motifs is 3. The van der Waals surface area contributed by atoms with Gasteiger partial charge < -0.3 is 9.67 Å². The highest BCUT2D eigenvalue weighted by atomic mass is 16.4. The third kappa shape index (κ3) is 1.47. The van der Waals surface area contributed by atoms with Crippen LogP contribution in [0.1, 0.15) is 35.6 Å². The summed E-state index contributed by atoms with van der Waals surface area (Å²) in [6.07, 6.45) is 2.71. The van der Waals surface area contributed by atoms with Crippen molar-refractivity contribution in [2.75, 3.05) is 0 Å². The molecule has 18 heavy (non-hydrogen) atoms. The molecule has 0 aliphatic heterocycles. The second kappa shape index (κ2) is 3.87. The number of hydrogen-bond donors (Lipinski definition) is 1. The maximum absolute atomic E-state index is 11.4. The van der Waals surface area contributed by atoms with Crippen LogP contribution in [0.25, 0.3) is 10.9 Å². The summed E-state index contributed by atoms with van der Waals surface area (Å²) in [6.45, 7) is 2.07. The number of rotatable bonds is 1. The average Bonchev–Trinajstić information content (AvgIpc) is 2.63. The SMILES string of the molecule is Cc1ccc2c3c(n(C)c2c1)CCCC3C(=O)O. The monoisotopic (exact) mass is 243 g/mol. The van der Waals surface area contributed by atoms with Gasteiger partial charge in [-0.05, 0) is 43.4 Å². The van der Waals surface area contributed by atoms with Crippen LogP contribution in [-0.2, 0) is 18.3 Å². The summed E-state index contributed by atoms with van der Waals surface area (Å²) in [5, 5.41) is 10.5. The molecule has 1 unspecified atom stereocenters. The predicted molar refractivity (Wildman–Crippen MR) is 71.0 cm³/mol. The van der Waals surface area contributed by atoms with Crippen molar-refractivity contribution in [1.29, 1.82) is 0 Å². The number of aromatic nitrogens is 1. The Bertz CT molecular complexity index is 639. The van der Waals surface area contributed by atoms with Crippen LogP contribution in [-0.4, -0.2) is 15.6 Å². The van der Waals surface area contributed by atoms with E-state index in [9.17, 15) is 9.90 Å². The van der Waals surface area contributed by atoms with Crippen molar-refractivity contribution in [3.8, 4) is 0 Å². The van der Waals surface area contributed by atoms with Crippen LogP contribution in [0, 0.1) is 6.92 Å². The van der Waals surface area contributed by atoms with E-state index in [1.54, 1.807) is 0 Å². The molecule has 0 fully saturated rings. The van der Waals surface area contributed by atoms with E-state index < -0.39 is 5.97 Å². The Morgan fingerprint density at radius 3 is 2.94 bits per heavy atom. The van der Waals surface area contributed by atoms with Crippen LogP contribution >= 0.6 is 0 Å². The van der Waals surface area contributed by atoms with E-state index in [1.165, 1.54) is 11.3 Å². The van der Waals surface area contributed by atoms with Crippen LogP contribution in [0.3, 0.4) is 0 Å². The molecular formula is C15H17NO2. The third-order valence-corrected chi connectivity index (χ3v) is 4.07. The quantitative estimate of drug-likeness (QED) is 0.836. The first kappa shape index (κ1) is 11.3. The largest absolute Gasteiger partial charge is 0.481 e. The van der Waals surface area contributed by atoms with Gasteiger partial charge in [0.05, 0.1) is 5.92 Å². The zero-order valence-electron chi connectivity index (χ0n) is 10.7. The summed E-state index contributed by atoms with van der Waals surface area (Å²) < 4.78 is 2.17. The van der Waals surface area contributed by atoms with Gasteiger partial charge in [0.2, 0.25) is 0 Å². The third-order valence-electron chi connectivity index (χ3n) is 4.07. The number of carboxylic acid groups (broad SMARTS) is 1. The maximum Gasteiger partial charge on any atom is 0.311 e. The lowest BCUT2D eigenvalue weighted by Gasteiger charge is -2.20. The van der Waals surface area contributed by atoms with Crippen LogP contribution in [0.4, 0.5) is 0 Å². The Labute approximate surface area is 106 Å². The summed E-state index contributed by atoms with van der Waals surface area (Å²) in [5.41, 5.74) is 4.63. The smallest absolute Gasteiger partial charge is 0.311 e. The zero-order chi connectivity index (χ0) is 12.9. The molecule has 0 bridgehead atoms. The Morgan fingerprint density at radius 1 is 1.44 bits per heavy atom. The molecule has 1 heterocycles. The topological polar surface area (TPSA) is 42.2 Å². The van der Waals surface area contributed by atoms with Gasteiger partial charge in [-0.2, -0.15) is 0 Å². The minimum atomic E-state index is -0.691. The highest BCUT2D eigenvalue weighted by molar-refractivity contribution is 5.92. The standard InChI is InChI=1S/C15H17NO2/c1-9-6-7-10-13(8-9)16(2)12-5-3-4-11(14(10)12)15(17)18/h6-8,11H,3-5H2,1-2H3,(H,17,18). The number of aliphatic carboxylic acids is 1. The Kier molecular flexibility index (Phi) is 2.44. The van der Waals surface area contributed by atoms with Crippen LogP contribution in [0.15, 0.2) is 18.2 Å². The number of hydrogen-bond acceptors (Lipinski definition) is 1. The van der Waals surface area contributed by atoms with E-state index in [4.69, 9.17) is 0 Å². The van der Waals surface area contributed by atoms with Gasteiger partial charge in [-0.15, -0.1) is 0 Å². The van der Waals surface area contributed by atoms with E-state index in [1.807, 2.05) is 7.05 Å². The Balaban J connectivity index is 2.35. The van der Waals surface area contributed by atoms with Gasteiger partial charge in [-0.1, -0.05) is 12.1 Å².